The second-order valence-corrected chi connectivity index (χ2v) is 4.50. The smallest absolute Gasteiger partial charge is 0.255 e. The van der Waals surface area contributed by atoms with Crippen LogP contribution in [0.5, 0.6) is 0 Å². The Kier molecular flexibility index (Phi) is 4.41. The maximum atomic E-state index is 12.0. The van der Waals surface area contributed by atoms with E-state index in [1.165, 1.54) is 17.0 Å². The number of nitrogens with zero attached hydrogens (tertiary/aromatic N) is 5. The van der Waals surface area contributed by atoms with Gasteiger partial charge in [0, 0.05) is 32.9 Å². The van der Waals surface area contributed by atoms with Gasteiger partial charge in [-0.3, -0.25) is 9.36 Å². The van der Waals surface area contributed by atoms with Crippen molar-refractivity contribution in [2.75, 3.05) is 25.0 Å². The molecule has 0 aliphatic carbocycles. The van der Waals surface area contributed by atoms with E-state index in [9.17, 15) is 4.79 Å². The average molecular weight is 274 g/mol. The van der Waals surface area contributed by atoms with Gasteiger partial charge >= 0.3 is 0 Å². The van der Waals surface area contributed by atoms with Gasteiger partial charge in [-0.1, -0.05) is 0 Å². The number of anilines is 1. The fraction of sp³-hybridized carbons (Fsp3) is 0.385. The first-order valence-corrected chi connectivity index (χ1v) is 6.39. The van der Waals surface area contributed by atoms with Crippen LogP contribution in [0.3, 0.4) is 0 Å². The number of aromatic nitrogens is 4. The molecule has 20 heavy (non-hydrogen) atoms. The van der Waals surface area contributed by atoms with E-state index in [1.54, 1.807) is 19.3 Å². The lowest BCUT2D eigenvalue weighted by Gasteiger charge is -2.20. The van der Waals surface area contributed by atoms with Gasteiger partial charge in [-0.15, -0.1) is 0 Å². The summed E-state index contributed by atoms with van der Waals surface area (Å²) in [7, 11) is 3.59. The maximum absolute atomic E-state index is 12.0. The van der Waals surface area contributed by atoms with E-state index in [1.807, 2.05) is 11.9 Å². The molecule has 0 unspecified atom stereocenters. The molecule has 0 saturated carbocycles. The highest BCUT2D eigenvalue weighted by Crippen LogP contribution is 2.15. The van der Waals surface area contributed by atoms with Crippen LogP contribution < -0.4 is 16.2 Å². The van der Waals surface area contributed by atoms with Crippen molar-refractivity contribution in [3.05, 3.63) is 35.0 Å². The summed E-state index contributed by atoms with van der Waals surface area (Å²) in [4.78, 5) is 26.5. The number of rotatable bonds is 5. The zero-order valence-electron chi connectivity index (χ0n) is 11.7. The first-order chi connectivity index (χ1) is 9.63. The molecule has 106 valence electrons. The highest BCUT2D eigenvalue weighted by molar-refractivity contribution is 5.54. The Labute approximate surface area is 117 Å². The summed E-state index contributed by atoms with van der Waals surface area (Å²) in [5, 5.41) is 0. The third kappa shape index (κ3) is 3.00. The van der Waals surface area contributed by atoms with Gasteiger partial charge in [0.2, 0.25) is 5.95 Å². The first-order valence-electron chi connectivity index (χ1n) is 6.39. The minimum Gasteiger partial charge on any atom is -0.345 e. The van der Waals surface area contributed by atoms with Gasteiger partial charge in [-0.2, -0.15) is 0 Å². The molecule has 2 heterocycles. The van der Waals surface area contributed by atoms with Crippen LogP contribution in [0.25, 0.3) is 11.4 Å². The molecule has 7 heteroatoms. The van der Waals surface area contributed by atoms with Crippen LogP contribution in [0.4, 0.5) is 5.95 Å². The molecule has 0 radical (unpaired) electrons. The van der Waals surface area contributed by atoms with Crippen molar-refractivity contribution in [3.8, 4) is 11.4 Å². The Bertz CT molecular complexity index is 625. The van der Waals surface area contributed by atoms with E-state index in [0.717, 1.165) is 13.0 Å². The molecule has 2 N–H and O–H groups in total. The fourth-order valence-electron chi connectivity index (χ4n) is 1.87. The Balaban J connectivity index is 2.42. The SMILES string of the molecule is CN(CCCN)c1nc(-c2ccncn2)cc(=O)n1C. The minimum absolute atomic E-state index is 0.122. The standard InChI is InChI=1S/C13H18N6O/c1-18(7-3-5-14)13-17-11(8-12(20)19(13)2)10-4-6-15-9-16-10/h4,6,8-9H,3,5,7,14H2,1-2H3. The molecule has 0 spiro atoms. The highest BCUT2D eigenvalue weighted by atomic mass is 16.1. The van der Waals surface area contributed by atoms with E-state index < -0.39 is 0 Å². The summed E-state index contributed by atoms with van der Waals surface area (Å²) in [6.07, 6.45) is 3.90. The summed E-state index contributed by atoms with van der Waals surface area (Å²) in [6, 6.07) is 3.20. The van der Waals surface area contributed by atoms with Gasteiger partial charge in [0.05, 0.1) is 11.4 Å². The fourth-order valence-corrected chi connectivity index (χ4v) is 1.87. The lowest BCUT2D eigenvalue weighted by atomic mass is 10.3. The molecule has 0 aliphatic rings. The van der Waals surface area contributed by atoms with Gasteiger partial charge in [0.25, 0.3) is 5.56 Å². The van der Waals surface area contributed by atoms with E-state index in [-0.39, 0.29) is 5.56 Å². The third-order valence-electron chi connectivity index (χ3n) is 2.99. The zero-order valence-corrected chi connectivity index (χ0v) is 11.7. The molecule has 0 saturated heterocycles. The molecule has 0 aliphatic heterocycles. The Morgan fingerprint density at radius 1 is 1.40 bits per heavy atom. The first kappa shape index (κ1) is 14.1. The number of hydrogen-bond acceptors (Lipinski definition) is 6. The molecule has 2 rings (SSSR count). The zero-order chi connectivity index (χ0) is 14.5. The van der Waals surface area contributed by atoms with Crippen molar-refractivity contribution < 1.29 is 0 Å². The lowest BCUT2D eigenvalue weighted by molar-refractivity contribution is 0.725. The summed E-state index contributed by atoms with van der Waals surface area (Å²) in [6.45, 7) is 1.34. The van der Waals surface area contributed by atoms with E-state index in [4.69, 9.17) is 5.73 Å². The van der Waals surface area contributed by atoms with Crippen molar-refractivity contribution in [1.82, 2.24) is 19.5 Å². The van der Waals surface area contributed by atoms with Crippen molar-refractivity contribution in [2.45, 2.75) is 6.42 Å². The van der Waals surface area contributed by atoms with Crippen molar-refractivity contribution in [3.63, 3.8) is 0 Å². The molecule has 0 amide bonds. The molecule has 7 nitrogen and oxygen atoms in total. The molecule has 2 aromatic heterocycles. The maximum Gasteiger partial charge on any atom is 0.255 e. The molecule has 0 bridgehead atoms. The molecule has 0 aromatic carbocycles. The van der Waals surface area contributed by atoms with Crippen LogP contribution in [0, 0.1) is 0 Å². The van der Waals surface area contributed by atoms with Gasteiger partial charge in [-0.05, 0) is 19.0 Å². The largest absolute Gasteiger partial charge is 0.345 e. The summed E-state index contributed by atoms with van der Waals surface area (Å²) >= 11 is 0. The van der Waals surface area contributed by atoms with Gasteiger partial charge in [-0.25, -0.2) is 15.0 Å². The summed E-state index contributed by atoms with van der Waals surface area (Å²) in [5.41, 5.74) is 6.57. The van der Waals surface area contributed by atoms with Crippen LogP contribution in [0.1, 0.15) is 6.42 Å². The van der Waals surface area contributed by atoms with Crippen LogP contribution in [0.2, 0.25) is 0 Å². The van der Waals surface area contributed by atoms with Gasteiger partial charge in [0.1, 0.15) is 6.33 Å². The Morgan fingerprint density at radius 2 is 2.20 bits per heavy atom. The quantitative estimate of drug-likeness (QED) is 0.827. The minimum atomic E-state index is -0.122. The predicted molar refractivity (Wildman–Crippen MR) is 77.4 cm³/mol. The highest BCUT2D eigenvalue weighted by Gasteiger charge is 2.11. The second-order valence-electron chi connectivity index (χ2n) is 4.50. The number of nitrogens with two attached hydrogens (primary N) is 1. The van der Waals surface area contributed by atoms with Crippen LogP contribution >= 0.6 is 0 Å². The van der Waals surface area contributed by atoms with Crippen LogP contribution in [-0.4, -0.2) is 39.7 Å². The molecular weight excluding hydrogens is 256 g/mol. The Hall–Kier alpha value is -2.28. The summed E-state index contributed by atoms with van der Waals surface area (Å²) < 4.78 is 1.52. The molecular formula is C13H18N6O. The predicted octanol–water partition coefficient (Wildman–Crippen LogP) is 0.0223. The molecule has 0 fully saturated rings. The Morgan fingerprint density at radius 3 is 2.85 bits per heavy atom. The topological polar surface area (TPSA) is 89.9 Å². The van der Waals surface area contributed by atoms with E-state index in [2.05, 4.69) is 15.0 Å². The average Bonchev–Trinajstić information content (AvgIpc) is 2.48. The van der Waals surface area contributed by atoms with Crippen molar-refractivity contribution in [1.29, 1.82) is 0 Å². The van der Waals surface area contributed by atoms with Gasteiger partial charge < -0.3 is 10.6 Å². The second kappa shape index (κ2) is 6.25. The lowest BCUT2D eigenvalue weighted by Crippen LogP contribution is -2.30. The normalized spacial score (nSPS) is 10.6. The van der Waals surface area contributed by atoms with Crippen molar-refractivity contribution >= 4 is 5.95 Å². The third-order valence-corrected chi connectivity index (χ3v) is 2.99. The van der Waals surface area contributed by atoms with Crippen LogP contribution in [-0.2, 0) is 7.05 Å². The van der Waals surface area contributed by atoms with Crippen LogP contribution in [0.15, 0.2) is 29.5 Å². The monoisotopic (exact) mass is 274 g/mol. The van der Waals surface area contributed by atoms with E-state index in [0.29, 0.717) is 23.9 Å². The van der Waals surface area contributed by atoms with Gasteiger partial charge in [0.15, 0.2) is 0 Å². The number of hydrogen-bond donors (Lipinski definition) is 1. The van der Waals surface area contributed by atoms with E-state index >= 15 is 0 Å². The summed E-state index contributed by atoms with van der Waals surface area (Å²) in [5.74, 6) is 0.597. The molecule has 0 atom stereocenters. The van der Waals surface area contributed by atoms with Crippen molar-refractivity contribution in [2.24, 2.45) is 12.8 Å². The molecule has 2 aromatic rings.